The van der Waals surface area contributed by atoms with Gasteiger partial charge in [0.1, 0.15) is 12.4 Å². The van der Waals surface area contributed by atoms with Crippen molar-refractivity contribution >= 4 is 40.3 Å². The highest BCUT2D eigenvalue weighted by atomic mass is 32.2. The standard InChI is InChI=1S/C28H27N3O7S/c1-35-15-14-30-27(32)26(39-28(30)29-21-7-11-23(36-2)12-8-21)17-20-6-13-24(25(16-20)37-3)38-18-19-4-9-22(10-5-19)31(33)34/h4-13,16-17H,14-15,18H2,1-3H3/b26-17-,29-28?. The van der Waals surface area contributed by atoms with Crippen molar-refractivity contribution in [1.29, 1.82) is 0 Å². The number of carbonyl (C=O) groups is 1. The zero-order valence-corrected chi connectivity index (χ0v) is 22.5. The second-order valence-corrected chi connectivity index (χ2v) is 9.28. The van der Waals surface area contributed by atoms with Gasteiger partial charge in [-0.3, -0.25) is 19.8 Å². The molecule has 1 aliphatic rings. The molecule has 1 heterocycles. The molecule has 39 heavy (non-hydrogen) atoms. The summed E-state index contributed by atoms with van der Waals surface area (Å²) in [5, 5.41) is 11.4. The minimum atomic E-state index is -0.445. The molecule has 3 aromatic carbocycles. The number of benzene rings is 3. The van der Waals surface area contributed by atoms with Gasteiger partial charge in [-0.2, -0.15) is 0 Å². The molecular formula is C28H27N3O7S. The number of hydrogen-bond donors (Lipinski definition) is 0. The normalized spacial score (nSPS) is 15.2. The molecule has 0 N–H and O–H groups in total. The first-order valence-corrected chi connectivity index (χ1v) is 12.7. The Morgan fingerprint density at radius 3 is 2.36 bits per heavy atom. The highest BCUT2D eigenvalue weighted by molar-refractivity contribution is 8.18. The fraction of sp³-hybridized carbons (Fsp3) is 0.214. The van der Waals surface area contributed by atoms with Gasteiger partial charge in [-0.05, 0) is 77.5 Å². The third-order valence-electron chi connectivity index (χ3n) is 5.73. The van der Waals surface area contributed by atoms with Crippen LogP contribution in [0.3, 0.4) is 0 Å². The molecule has 0 radical (unpaired) electrons. The van der Waals surface area contributed by atoms with Crippen molar-refractivity contribution in [1.82, 2.24) is 4.90 Å². The predicted octanol–water partition coefficient (Wildman–Crippen LogP) is 5.44. The van der Waals surface area contributed by atoms with E-state index >= 15 is 0 Å². The summed E-state index contributed by atoms with van der Waals surface area (Å²) in [5.74, 6) is 1.55. The van der Waals surface area contributed by atoms with Gasteiger partial charge >= 0.3 is 0 Å². The molecular weight excluding hydrogens is 522 g/mol. The smallest absolute Gasteiger partial charge is 0.269 e. The molecule has 0 aliphatic carbocycles. The SMILES string of the molecule is COCCN1C(=O)/C(=C/c2ccc(OCc3ccc([N+](=O)[O-])cc3)c(OC)c2)SC1=Nc1ccc(OC)cc1. The fourth-order valence-electron chi connectivity index (χ4n) is 3.66. The lowest BCUT2D eigenvalue weighted by molar-refractivity contribution is -0.384. The van der Waals surface area contributed by atoms with Crippen molar-refractivity contribution in [2.45, 2.75) is 6.61 Å². The second kappa shape index (κ2) is 12.9. The number of nitro benzene ring substituents is 1. The lowest BCUT2D eigenvalue weighted by atomic mass is 10.1. The first kappa shape index (κ1) is 27.7. The van der Waals surface area contributed by atoms with E-state index in [-0.39, 0.29) is 18.2 Å². The minimum absolute atomic E-state index is 0.0195. The molecule has 1 fully saturated rings. The average molecular weight is 550 g/mol. The Hall–Kier alpha value is -4.35. The molecule has 0 bridgehead atoms. The lowest BCUT2D eigenvalue weighted by Gasteiger charge is -2.14. The number of non-ortho nitro benzene ring substituents is 1. The van der Waals surface area contributed by atoms with Crippen LogP contribution >= 0.6 is 11.8 Å². The van der Waals surface area contributed by atoms with E-state index in [1.165, 1.54) is 31.0 Å². The molecule has 0 saturated carbocycles. The first-order chi connectivity index (χ1) is 18.9. The van der Waals surface area contributed by atoms with Crippen LogP contribution in [0.5, 0.6) is 17.2 Å². The number of nitrogens with zero attached hydrogens (tertiary/aromatic N) is 3. The zero-order chi connectivity index (χ0) is 27.8. The summed E-state index contributed by atoms with van der Waals surface area (Å²) in [5.41, 5.74) is 2.25. The molecule has 202 valence electrons. The Morgan fingerprint density at radius 1 is 0.974 bits per heavy atom. The number of thioether (sulfide) groups is 1. The number of hydrogen-bond acceptors (Lipinski definition) is 9. The molecule has 1 amide bonds. The van der Waals surface area contributed by atoms with Crippen LogP contribution < -0.4 is 14.2 Å². The average Bonchev–Trinajstić information content (AvgIpc) is 3.24. The highest BCUT2D eigenvalue weighted by Crippen LogP contribution is 2.36. The molecule has 0 aromatic heterocycles. The number of carbonyl (C=O) groups excluding carboxylic acids is 1. The monoisotopic (exact) mass is 549 g/mol. The van der Waals surface area contributed by atoms with E-state index in [1.807, 2.05) is 30.3 Å². The van der Waals surface area contributed by atoms with Crippen LogP contribution in [-0.2, 0) is 16.1 Å². The second-order valence-electron chi connectivity index (χ2n) is 8.28. The zero-order valence-electron chi connectivity index (χ0n) is 21.7. The minimum Gasteiger partial charge on any atom is -0.497 e. The van der Waals surface area contributed by atoms with Crippen molar-refractivity contribution in [3.05, 3.63) is 92.9 Å². The van der Waals surface area contributed by atoms with E-state index in [0.29, 0.717) is 40.4 Å². The van der Waals surface area contributed by atoms with Crippen LogP contribution in [0, 0.1) is 10.1 Å². The maximum Gasteiger partial charge on any atom is 0.269 e. The summed E-state index contributed by atoms with van der Waals surface area (Å²) in [4.78, 5) is 30.4. The van der Waals surface area contributed by atoms with Gasteiger partial charge in [0, 0.05) is 19.2 Å². The summed E-state index contributed by atoms with van der Waals surface area (Å²) in [7, 11) is 4.72. The molecule has 10 nitrogen and oxygen atoms in total. The molecule has 0 unspecified atom stereocenters. The molecule has 0 spiro atoms. The van der Waals surface area contributed by atoms with Crippen LogP contribution in [0.2, 0.25) is 0 Å². The molecule has 3 aromatic rings. The molecule has 1 aliphatic heterocycles. The van der Waals surface area contributed by atoms with Gasteiger partial charge in [-0.1, -0.05) is 6.07 Å². The number of amidine groups is 1. The molecule has 1 saturated heterocycles. The Morgan fingerprint density at radius 2 is 1.72 bits per heavy atom. The number of nitro groups is 1. The van der Waals surface area contributed by atoms with Gasteiger partial charge in [0.05, 0.1) is 42.9 Å². The summed E-state index contributed by atoms with van der Waals surface area (Å²) >= 11 is 1.29. The van der Waals surface area contributed by atoms with Crippen LogP contribution in [0.4, 0.5) is 11.4 Å². The van der Waals surface area contributed by atoms with Gasteiger partial charge in [0.15, 0.2) is 16.7 Å². The Labute approximate surface area is 230 Å². The van der Waals surface area contributed by atoms with Gasteiger partial charge in [-0.15, -0.1) is 0 Å². The van der Waals surface area contributed by atoms with Crippen molar-refractivity contribution in [2.24, 2.45) is 4.99 Å². The van der Waals surface area contributed by atoms with Gasteiger partial charge in [-0.25, -0.2) is 4.99 Å². The fourth-order valence-corrected chi connectivity index (χ4v) is 4.68. The largest absolute Gasteiger partial charge is 0.497 e. The number of aliphatic imine (C=N–C) groups is 1. The third kappa shape index (κ3) is 6.95. The van der Waals surface area contributed by atoms with Gasteiger partial charge < -0.3 is 18.9 Å². The molecule has 4 rings (SSSR count). The van der Waals surface area contributed by atoms with Crippen LogP contribution in [-0.4, -0.2) is 55.4 Å². The van der Waals surface area contributed by atoms with E-state index in [0.717, 1.165) is 16.9 Å². The number of amides is 1. The van der Waals surface area contributed by atoms with Crippen molar-refractivity contribution in [3.63, 3.8) is 0 Å². The topological polar surface area (TPSA) is 113 Å². The van der Waals surface area contributed by atoms with Crippen LogP contribution in [0.1, 0.15) is 11.1 Å². The van der Waals surface area contributed by atoms with Crippen molar-refractivity contribution in [3.8, 4) is 17.2 Å². The Kier molecular flexibility index (Phi) is 9.18. The maximum absolute atomic E-state index is 13.2. The Balaban J connectivity index is 1.53. The van der Waals surface area contributed by atoms with E-state index in [2.05, 4.69) is 4.99 Å². The maximum atomic E-state index is 13.2. The van der Waals surface area contributed by atoms with E-state index in [4.69, 9.17) is 18.9 Å². The Bertz CT molecular complexity index is 1390. The van der Waals surface area contributed by atoms with E-state index in [9.17, 15) is 14.9 Å². The highest BCUT2D eigenvalue weighted by Gasteiger charge is 2.33. The quantitative estimate of drug-likeness (QED) is 0.177. The number of rotatable bonds is 11. The molecule has 11 heteroatoms. The summed E-state index contributed by atoms with van der Waals surface area (Å²) in [6, 6.07) is 18.8. The summed E-state index contributed by atoms with van der Waals surface area (Å²) in [6.45, 7) is 0.950. The van der Waals surface area contributed by atoms with Gasteiger partial charge in [0.25, 0.3) is 11.6 Å². The summed E-state index contributed by atoms with van der Waals surface area (Å²) < 4.78 is 21.8. The summed E-state index contributed by atoms with van der Waals surface area (Å²) in [6.07, 6.45) is 1.78. The van der Waals surface area contributed by atoms with Crippen LogP contribution in [0.15, 0.2) is 76.6 Å². The third-order valence-corrected chi connectivity index (χ3v) is 6.74. The van der Waals surface area contributed by atoms with Crippen molar-refractivity contribution in [2.75, 3.05) is 34.5 Å². The van der Waals surface area contributed by atoms with Gasteiger partial charge in [0.2, 0.25) is 0 Å². The van der Waals surface area contributed by atoms with E-state index < -0.39 is 4.92 Å². The van der Waals surface area contributed by atoms with Crippen LogP contribution in [0.25, 0.3) is 6.08 Å². The predicted molar refractivity (Wildman–Crippen MR) is 150 cm³/mol. The van der Waals surface area contributed by atoms with E-state index in [1.54, 1.807) is 49.5 Å². The lowest BCUT2D eigenvalue weighted by Crippen LogP contribution is -2.32. The number of methoxy groups -OCH3 is 3. The number of ether oxygens (including phenoxy) is 4. The first-order valence-electron chi connectivity index (χ1n) is 11.9. The van der Waals surface area contributed by atoms with Crippen molar-refractivity contribution < 1.29 is 28.7 Å². The molecule has 0 atom stereocenters.